The summed E-state index contributed by atoms with van der Waals surface area (Å²) in [7, 11) is 1.31. The highest BCUT2D eigenvalue weighted by Gasteiger charge is 2.34. The molecule has 0 saturated carbocycles. The van der Waals surface area contributed by atoms with Crippen LogP contribution >= 0.6 is 0 Å². The monoisotopic (exact) mass is 418 g/mol. The Morgan fingerprint density at radius 2 is 1.80 bits per heavy atom. The van der Waals surface area contributed by atoms with Crippen LogP contribution in [0.4, 0.5) is 14.5 Å². The molecule has 0 atom stereocenters. The summed E-state index contributed by atoms with van der Waals surface area (Å²) in [6, 6.07) is 9.18. The lowest BCUT2D eigenvalue weighted by Gasteiger charge is -2.14. The minimum absolute atomic E-state index is 0.0312. The zero-order valence-electron chi connectivity index (χ0n) is 16.4. The molecule has 1 N–H and O–H groups in total. The summed E-state index contributed by atoms with van der Waals surface area (Å²) in [4.78, 5) is 38.1. The van der Waals surface area contributed by atoms with E-state index >= 15 is 0 Å². The second-order valence-corrected chi connectivity index (χ2v) is 6.71. The summed E-state index contributed by atoms with van der Waals surface area (Å²) in [6.45, 7) is -1.10. The largest absolute Gasteiger partial charge is 0.493 e. The van der Waals surface area contributed by atoms with Gasteiger partial charge in [-0.2, -0.15) is 8.78 Å². The van der Waals surface area contributed by atoms with Gasteiger partial charge >= 0.3 is 6.61 Å². The summed E-state index contributed by atoms with van der Waals surface area (Å²) in [5.74, 6) is -1.24. The summed E-state index contributed by atoms with van der Waals surface area (Å²) in [5.41, 5.74) is 1.87. The summed E-state index contributed by atoms with van der Waals surface area (Å²) in [6.07, 6.45) is 0.288. The third-order valence-electron chi connectivity index (χ3n) is 4.58. The summed E-state index contributed by atoms with van der Waals surface area (Å²) in [5, 5.41) is 2.57. The molecule has 0 unspecified atom stereocenters. The SMILES string of the molecule is COc1ccc(NC(=O)CCCN2C(=O)c3ccc(C)cc3C2=O)cc1OC(F)F. The van der Waals surface area contributed by atoms with E-state index in [1.54, 1.807) is 18.2 Å². The Balaban J connectivity index is 1.56. The topological polar surface area (TPSA) is 84.9 Å². The van der Waals surface area contributed by atoms with Crippen molar-refractivity contribution in [2.75, 3.05) is 19.0 Å². The van der Waals surface area contributed by atoms with Crippen molar-refractivity contribution in [3.63, 3.8) is 0 Å². The van der Waals surface area contributed by atoms with Crippen LogP contribution in [0.3, 0.4) is 0 Å². The standard InChI is InChI=1S/C21H20F2N2O5/c1-12-5-7-14-15(10-12)20(28)25(19(14)27)9-3-4-18(26)24-13-6-8-16(29-2)17(11-13)30-21(22)23/h5-8,10-11,21H,3-4,9H2,1-2H3,(H,24,26). The molecule has 9 heteroatoms. The number of amides is 3. The third-order valence-corrected chi connectivity index (χ3v) is 4.58. The fourth-order valence-electron chi connectivity index (χ4n) is 3.17. The fraction of sp³-hybridized carbons (Fsp3) is 0.286. The molecule has 0 aromatic heterocycles. The van der Waals surface area contributed by atoms with Gasteiger partial charge in [-0.25, -0.2) is 0 Å². The quantitative estimate of drug-likeness (QED) is 0.662. The first-order valence-corrected chi connectivity index (χ1v) is 9.19. The zero-order chi connectivity index (χ0) is 21.8. The molecule has 2 aromatic rings. The van der Waals surface area contributed by atoms with Gasteiger partial charge in [0.25, 0.3) is 11.8 Å². The average Bonchev–Trinajstić information content (AvgIpc) is 2.92. The normalized spacial score (nSPS) is 12.9. The summed E-state index contributed by atoms with van der Waals surface area (Å²) >= 11 is 0. The first-order valence-electron chi connectivity index (χ1n) is 9.19. The number of alkyl halides is 2. The number of anilines is 1. The van der Waals surface area contributed by atoms with Gasteiger partial charge < -0.3 is 14.8 Å². The number of halogens is 2. The van der Waals surface area contributed by atoms with Crippen LogP contribution in [0.1, 0.15) is 39.1 Å². The number of benzene rings is 2. The molecule has 0 spiro atoms. The van der Waals surface area contributed by atoms with Crippen LogP contribution in [0.2, 0.25) is 0 Å². The average molecular weight is 418 g/mol. The highest BCUT2D eigenvalue weighted by Crippen LogP contribution is 2.31. The molecule has 0 bridgehead atoms. The van der Waals surface area contributed by atoms with Gasteiger partial charge in [-0.15, -0.1) is 0 Å². The van der Waals surface area contributed by atoms with E-state index in [4.69, 9.17) is 4.74 Å². The van der Waals surface area contributed by atoms with Crippen molar-refractivity contribution in [3.05, 3.63) is 53.1 Å². The van der Waals surface area contributed by atoms with Crippen LogP contribution in [0.5, 0.6) is 11.5 Å². The number of ether oxygens (including phenoxy) is 2. The van der Waals surface area contributed by atoms with E-state index in [1.165, 1.54) is 25.3 Å². The summed E-state index contributed by atoms with van der Waals surface area (Å²) < 4.78 is 34.3. The second-order valence-electron chi connectivity index (χ2n) is 6.71. The molecule has 3 rings (SSSR count). The van der Waals surface area contributed by atoms with Crippen LogP contribution in [-0.4, -0.2) is 42.9 Å². The van der Waals surface area contributed by atoms with Crippen molar-refractivity contribution in [2.24, 2.45) is 0 Å². The predicted molar refractivity (Wildman–Crippen MR) is 104 cm³/mol. The Hall–Kier alpha value is -3.49. The molecular weight excluding hydrogens is 398 g/mol. The number of fused-ring (bicyclic) bond motifs is 1. The molecular formula is C21H20F2N2O5. The smallest absolute Gasteiger partial charge is 0.387 e. The van der Waals surface area contributed by atoms with Crippen molar-refractivity contribution in [3.8, 4) is 11.5 Å². The maximum Gasteiger partial charge on any atom is 0.387 e. The number of aryl methyl sites for hydroxylation is 1. The molecule has 1 heterocycles. The van der Waals surface area contributed by atoms with Gasteiger partial charge in [0.05, 0.1) is 18.2 Å². The lowest BCUT2D eigenvalue weighted by atomic mass is 10.1. The van der Waals surface area contributed by atoms with E-state index in [9.17, 15) is 23.2 Å². The van der Waals surface area contributed by atoms with Crippen LogP contribution in [0.15, 0.2) is 36.4 Å². The molecule has 0 radical (unpaired) electrons. The minimum atomic E-state index is -3.03. The molecule has 2 aromatic carbocycles. The zero-order valence-corrected chi connectivity index (χ0v) is 16.4. The number of hydrogen-bond donors (Lipinski definition) is 1. The maximum absolute atomic E-state index is 12.5. The Bertz CT molecular complexity index is 993. The maximum atomic E-state index is 12.5. The lowest BCUT2D eigenvalue weighted by Crippen LogP contribution is -2.31. The van der Waals surface area contributed by atoms with Gasteiger partial charge in [0, 0.05) is 24.7 Å². The Morgan fingerprint density at radius 3 is 2.50 bits per heavy atom. The molecule has 158 valence electrons. The molecule has 0 aliphatic carbocycles. The van der Waals surface area contributed by atoms with E-state index in [-0.39, 0.29) is 48.4 Å². The number of hydrogen-bond acceptors (Lipinski definition) is 5. The van der Waals surface area contributed by atoms with Crippen molar-refractivity contribution in [1.29, 1.82) is 0 Å². The number of imide groups is 1. The van der Waals surface area contributed by atoms with Crippen LogP contribution in [0, 0.1) is 6.92 Å². The van der Waals surface area contributed by atoms with E-state index in [1.807, 2.05) is 6.92 Å². The van der Waals surface area contributed by atoms with Gasteiger partial charge in [-0.1, -0.05) is 11.6 Å². The number of nitrogens with zero attached hydrogens (tertiary/aromatic N) is 1. The number of nitrogens with one attached hydrogen (secondary N) is 1. The Kier molecular flexibility index (Phi) is 6.29. The third kappa shape index (κ3) is 4.56. The Morgan fingerprint density at radius 1 is 1.07 bits per heavy atom. The number of carbonyl (C=O) groups excluding carboxylic acids is 3. The molecule has 1 aliphatic rings. The second kappa shape index (κ2) is 8.89. The van der Waals surface area contributed by atoms with Gasteiger partial charge in [0.1, 0.15) is 0 Å². The van der Waals surface area contributed by atoms with Crippen molar-refractivity contribution < 1.29 is 32.6 Å². The first kappa shape index (κ1) is 21.2. The lowest BCUT2D eigenvalue weighted by molar-refractivity contribution is -0.116. The van der Waals surface area contributed by atoms with Crippen molar-refractivity contribution in [2.45, 2.75) is 26.4 Å². The fourth-order valence-corrected chi connectivity index (χ4v) is 3.17. The van der Waals surface area contributed by atoms with E-state index in [0.29, 0.717) is 11.1 Å². The molecule has 0 fully saturated rings. The van der Waals surface area contributed by atoms with Crippen LogP contribution < -0.4 is 14.8 Å². The highest BCUT2D eigenvalue weighted by molar-refractivity contribution is 6.21. The Labute approximate surface area is 171 Å². The van der Waals surface area contributed by atoms with Gasteiger partial charge in [-0.05, 0) is 37.6 Å². The molecule has 3 amide bonds. The highest BCUT2D eigenvalue weighted by atomic mass is 19.3. The number of methoxy groups -OCH3 is 1. The van der Waals surface area contributed by atoms with Crippen molar-refractivity contribution >= 4 is 23.4 Å². The first-order chi connectivity index (χ1) is 14.3. The van der Waals surface area contributed by atoms with E-state index in [0.717, 1.165) is 10.5 Å². The minimum Gasteiger partial charge on any atom is -0.493 e. The van der Waals surface area contributed by atoms with Gasteiger partial charge in [0.2, 0.25) is 5.91 Å². The van der Waals surface area contributed by atoms with Crippen molar-refractivity contribution in [1.82, 2.24) is 4.90 Å². The molecule has 1 aliphatic heterocycles. The number of rotatable bonds is 8. The van der Waals surface area contributed by atoms with E-state index < -0.39 is 12.5 Å². The number of carbonyl (C=O) groups is 3. The molecule has 0 saturated heterocycles. The molecule has 30 heavy (non-hydrogen) atoms. The predicted octanol–water partition coefficient (Wildman–Crippen LogP) is 3.62. The van der Waals surface area contributed by atoms with Gasteiger partial charge in [0.15, 0.2) is 11.5 Å². The van der Waals surface area contributed by atoms with E-state index in [2.05, 4.69) is 10.1 Å². The molecule has 7 nitrogen and oxygen atoms in total. The van der Waals surface area contributed by atoms with Crippen LogP contribution in [0.25, 0.3) is 0 Å². The van der Waals surface area contributed by atoms with Crippen LogP contribution in [-0.2, 0) is 4.79 Å². The van der Waals surface area contributed by atoms with Gasteiger partial charge in [-0.3, -0.25) is 19.3 Å².